The van der Waals surface area contributed by atoms with Crippen LogP contribution in [0.1, 0.15) is 6.92 Å². The van der Waals surface area contributed by atoms with Crippen molar-refractivity contribution < 1.29 is 0 Å². The van der Waals surface area contributed by atoms with E-state index in [4.69, 9.17) is 5.26 Å². The highest BCUT2D eigenvalue weighted by Gasteiger charge is 1.92. The van der Waals surface area contributed by atoms with Gasteiger partial charge < -0.3 is 0 Å². The van der Waals surface area contributed by atoms with Crippen molar-refractivity contribution in [2.24, 2.45) is 10.2 Å². The zero-order chi connectivity index (χ0) is 8.81. The Bertz CT molecular complexity index is 297. The molecule has 1 atom stereocenters. The Labute approximate surface area is 71.4 Å². The number of hydrogen-bond acceptors (Lipinski definition) is 3. The molecule has 0 saturated heterocycles. The van der Waals surface area contributed by atoms with Crippen molar-refractivity contribution in [3.05, 3.63) is 30.3 Å². The molecule has 0 aliphatic rings. The third kappa shape index (κ3) is 2.51. The Kier molecular flexibility index (Phi) is 2.97. The van der Waals surface area contributed by atoms with Gasteiger partial charge in [0.05, 0.1) is 11.8 Å². The Morgan fingerprint density at radius 3 is 2.58 bits per heavy atom. The number of azo groups is 1. The molecule has 1 unspecified atom stereocenters. The lowest BCUT2D eigenvalue weighted by atomic mass is 10.3. The maximum absolute atomic E-state index is 8.41. The van der Waals surface area contributed by atoms with Crippen LogP contribution in [0.2, 0.25) is 0 Å². The normalized spacial score (nSPS) is 12.7. The summed E-state index contributed by atoms with van der Waals surface area (Å²) >= 11 is 0. The minimum absolute atomic E-state index is 0.370. The summed E-state index contributed by atoms with van der Waals surface area (Å²) < 4.78 is 0. The Morgan fingerprint density at radius 2 is 2.00 bits per heavy atom. The van der Waals surface area contributed by atoms with Gasteiger partial charge in [0.25, 0.3) is 0 Å². The van der Waals surface area contributed by atoms with Crippen LogP contribution in [0.4, 0.5) is 5.69 Å². The first-order chi connectivity index (χ1) is 5.83. The molecule has 0 N–H and O–H groups in total. The molecule has 0 spiro atoms. The van der Waals surface area contributed by atoms with E-state index in [2.05, 4.69) is 10.2 Å². The third-order valence-electron chi connectivity index (χ3n) is 1.29. The molecule has 0 bridgehead atoms. The van der Waals surface area contributed by atoms with Crippen molar-refractivity contribution in [2.45, 2.75) is 13.0 Å². The van der Waals surface area contributed by atoms with Gasteiger partial charge >= 0.3 is 0 Å². The van der Waals surface area contributed by atoms with Gasteiger partial charge in [0, 0.05) is 0 Å². The van der Waals surface area contributed by atoms with Gasteiger partial charge in [-0.05, 0) is 19.1 Å². The molecule has 1 aromatic rings. The maximum atomic E-state index is 8.41. The first kappa shape index (κ1) is 8.41. The number of nitrogens with zero attached hydrogens (tertiary/aromatic N) is 3. The van der Waals surface area contributed by atoms with Gasteiger partial charge in [-0.1, -0.05) is 18.2 Å². The standard InChI is InChI=1S/C9H9N3/c1-8(7-10)11-12-9-5-3-2-4-6-9/h2-6,8H,1H3. The van der Waals surface area contributed by atoms with Gasteiger partial charge in [-0.3, -0.25) is 0 Å². The smallest absolute Gasteiger partial charge is 0.154 e. The van der Waals surface area contributed by atoms with Crippen LogP contribution >= 0.6 is 0 Å². The second-order valence-electron chi connectivity index (χ2n) is 2.36. The van der Waals surface area contributed by atoms with Crippen LogP contribution in [0.25, 0.3) is 0 Å². The summed E-state index contributed by atoms with van der Waals surface area (Å²) in [6.07, 6.45) is 0. The van der Waals surface area contributed by atoms with Gasteiger partial charge in [0.2, 0.25) is 0 Å². The van der Waals surface area contributed by atoms with E-state index in [-0.39, 0.29) is 6.04 Å². The molecule has 3 heteroatoms. The van der Waals surface area contributed by atoms with Crippen molar-refractivity contribution in [1.82, 2.24) is 0 Å². The lowest BCUT2D eigenvalue weighted by Crippen LogP contribution is -1.88. The quantitative estimate of drug-likeness (QED) is 0.612. The van der Waals surface area contributed by atoms with Gasteiger partial charge in [-0.25, -0.2) is 0 Å². The summed E-state index contributed by atoms with van der Waals surface area (Å²) in [5, 5.41) is 16.1. The molecule has 0 amide bonds. The molecule has 1 rings (SSSR count). The number of hydrogen-bond donors (Lipinski definition) is 0. The summed E-state index contributed by atoms with van der Waals surface area (Å²) in [7, 11) is 0. The SMILES string of the molecule is CC(C#N)N=Nc1ccccc1. The van der Waals surface area contributed by atoms with E-state index in [0.29, 0.717) is 0 Å². The molecule has 12 heavy (non-hydrogen) atoms. The number of rotatable bonds is 2. The second-order valence-corrected chi connectivity index (χ2v) is 2.36. The summed E-state index contributed by atoms with van der Waals surface area (Å²) in [6, 6.07) is 11.0. The highest BCUT2D eigenvalue weighted by atomic mass is 15.1. The zero-order valence-corrected chi connectivity index (χ0v) is 6.81. The molecule has 0 aliphatic heterocycles. The van der Waals surface area contributed by atoms with Crippen molar-refractivity contribution in [3.63, 3.8) is 0 Å². The van der Waals surface area contributed by atoms with E-state index in [1.54, 1.807) is 6.92 Å². The van der Waals surface area contributed by atoms with E-state index in [0.717, 1.165) is 5.69 Å². The highest BCUT2D eigenvalue weighted by Crippen LogP contribution is 2.10. The molecule has 0 saturated carbocycles. The fraction of sp³-hybridized carbons (Fsp3) is 0.222. The van der Waals surface area contributed by atoms with Crippen LogP contribution in [0.3, 0.4) is 0 Å². The summed E-state index contributed by atoms with van der Waals surface area (Å²) in [4.78, 5) is 0. The van der Waals surface area contributed by atoms with Crippen LogP contribution < -0.4 is 0 Å². The predicted octanol–water partition coefficient (Wildman–Crippen LogP) is 2.68. The van der Waals surface area contributed by atoms with Crippen LogP contribution in [-0.2, 0) is 0 Å². The molecular weight excluding hydrogens is 150 g/mol. The summed E-state index contributed by atoms with van der Waals surface area (Å²) in [5.41, 5.74) is 0.777. The highest BCUT2D eigenvalue weighted by molar-refractivity contribution is 5.34. The summed E-state index contributed by atoms with van der Waals surface area (Å²) in [6.45, 7) is 1.70. The summed E-state index contributed by atoms with van der Waals surface area (Å²) in [5.74, 6) is 0. The van der Waals surface area contributed by atoms with Gasteiger partial charge in [0.1, 0.15) is 0 Å². The third-order valence-corrected chi connectivity index (χ3v) is 1.29. The molecule has 0 radical (unpaired) electrons. The average Bonchev–Trinajstić information content (AvgIpc) is 2.16. The molecule has 0 heterocycles. The van der Waals surface area contributed by atoms with E-state index in [1.807, 2.05) is 36.4 Å². The van der Waals surface area contributed by atoms with Crippen molar-refractivity contribution in [2.75, 3.05) is 0 Å². The van der Waals surface area contributed by atoms with Crippen LogP contribution in [0, 0.1) is 11.3 Å². The number of benzene rings is 1. The van der Waals surface area contributed by atoms with E-state index in [9.17, 15) is 0 Å². The van der Waals surface area contributed by atoms with Gasteiger partial charge in [-0.2, -0.15) is 15.5 Å². The van der Waals surface area contributed by atoms with Crippen molar-refractivity contribution in [3.8, 4) is 6.07 Å². The lowest BCUT2D eigenvalue weighted by molar-refractivity contribution is 0.865. The van der Waals surface area contributed by atoms with Crippen LogP contribution in [-0.4, -0.2) is 6.04 Å². The molecule has 1 aromatic carbocycles. The largest absolute Gasteiger partial charge is 0.196 e. The molecule has 3 nitrogen and oxygen atoms in total. The Balaban J connectivity index is 2.65. The topological polar surface area (TPSA) is 48.5 Å². The number of nitriles is 1. The fourth-order valence-electron chi connectivity index (χ4n) is 0.674. The maximum Gasteiger partial charge on any atom is 0.154 e. The molecular formula is C9H9N3. The monoisotopic (exact) mass is 159 g/mol. The predicted molar refractivity (Wildman–Crippen MR) is 46.0 cm³/mol. The first-order valence-electron chi connectivity index (χ1n) is 3.68. The van der Waals surface area contributed by atoms with Crippen LogP contribution in [0.15, 0.2) is 40.6 Å². The minimum atomic E-state index is -0.370. The molecule has 0 aromatic heterocycles. The van der Waals surface area contributed by atoms with E-state index in [1.165, 1.54) is 0 Å². The molecule has 0 fully saturated rings. The zero-order valence-electron chi connectivity index (χ0n) is 6.81. The first-order valence-corrected chi connectivity index (χ1v) is 3.68. The van der Waals surface area contributed by atoms with Crippen molar-refractivity contribution in [1.29, 1.82) is 5.26 Å². The van der Waals surface area contributed by atoms with E-state index >= 15 is 0 Å². The van der Waals surface area contributed by atoms with Gasteiger partial charge in [0.15, 0.2) is 6.04 Å². The molecule has 0 aliphatic carbocycles. The van der Waals surface area contributed by atoms with E-state index < -0.39 is 0 Å². The fourth-order valence-corrected chi connectivity index (χ4v) is 0.674. The Hall–Kier alpha value is -1.69. The Morgan fingerprint density at radius 1 is 1.33 bits per heavy atom. The molecule has 60 valence electrons. The minimum Gasteiger partial charge on any atom is -0.196 e. The second kappa shape index (κ2) is 4.24. The van der Waals surface area contributed by atoms with Crippen LogP contribution in [0.5, 0.6) is 0 Å². The van der Waals surface area contributed by atoms with Gasteiger partial charge in [-0.15, -0.1) is 0 Å². The van der Waals surface area contributed by atoms with Crippen molar-refractivity contribution >= 4 is 5.69 Å². The lowest BCUT2D eigenvalue weighted by Gasteiger charge is -1.91. The average molecular weight is 159 g/mol.